The van der Waals surface area contributed by atoms with Crippen molar-refractivity contribution in [2.45, 2.75) is 76.4 Å². The van der Waals surface area contributed by atoms with E-state index in [0.29, 0.717) is 5.92 Å². The first-order valence-corrected chi connectivity index (χ1v) is 12.5. The fourth-order valence-electron chi connectivity index (χ4n) is 6.59. The van der Waals surface area contributed by atoms with E-state index in [0.717, 1.165) is 45.3 Å². The number of rotatable bonds is 3. The molecule has 2 fully saturated rings. The van der Waals surface area contributed by atoms with Gasteiger partial charge in [0.1, 0.15) is 0 Å². The fraction of sp³-hybridized carbons (Fsp3) is 0.467. The number of fused-ring (bicyclic) bond motifs is 2. The highest BCUT2D eigenvalue weighted by Gasteiger charge is 2.41. The van der Waals surface area contributed by atoms with E-state index < -0.39 is 0 Å². The molecule has 0 aromatic heterocycles. The number of ether oxygens (including phenoxy) is 2. The number of aryl methyl sites for hydroxylation is 1. The van der Waals surface area contributed by atoms with Gasteiger partial charge in [-0.05, 0) is 69.3 Å². The second-order valence-corrected chi connectivity index (χ2v) is 10.6. The molecule has 0 radical (unpaired) electrons. The zero-order chi connectivity index (χ0) is 21.9. The third-order valence-electron chi connectivity index (χ3n) is 8.36. The van der Waals surface area contributed by atoms with Crippen molar-refractivity contribution in [3.63, 3.8) is 0 Å². The fourth-order valence-corrected chi connectivity index (χ4v) is 6.59. The second-order valence-electron chi connectivity index (χ2n) is 10.6. The van der Waals surface area contributed by atoms with Crippen LogP contribution in [0.1, 0.15) is 81.0 Å². The Morgan fingerprint density at radius 1 is 0.875 bits per heavy atom. The number of benzene rings is 3. The molecule has 0 amide bonds. The van der Waals surface area contributed by atoms with E-state index in [9.17, 15) is 0 Å². The first kappa shape index (κ1) is 20.4. The van der Waals surface area contributed by atoms with Crippen molar-refractivity contribution in [3.05, 3.63) is 70.8 Å². The number of hydrogen-bond acceptors (Lipinski definition) is 2. The molecule has 32 heavy (non-hydrogen) atoms. The lowest BCUT2D eigenvalue weighted by Gasteiger charge is -2.38. The molecule has 0 bridgehead atoms. The van der Waals surface area contributed by atoms with Crippen LogP contribution in [-0.4, -0.2) is 19.0 Å². The van der Waals surface area contributed by atoms with Crippen LogP contribution in [0.5, 0.6) is 0 Å². The molecule has 3 aromatic rings. The summed E-state index contributed by atoms with van der Waals surface area (Å²) in [7, 11) is 0. The van der Waals surface area contributed by atoms with Crippen molar-refractivity contribution in [1.29, 1.82) is 0 Å². The normalized spacial score (nSPS) is 21.2. The Morgan fingerprint density at radius 3 is 2.38 bits per heavy atom. The van der Waals surface area contributed by atoms with Crippen LogP contribution >= 0.6 is 0 Å². The average molecular weight is 427 g/mol. The molecule has 0 N–H and O–H groups in total. The largest absolute Gasteiger partial charge is 0.348 e. The third-order valence-corrected chi connectivity index (χ3v) is 8.36. The van der Waals surface area contributed by atoms with Crippen molar-refractivity contribution < 1.29 is 9.47 Å². The van der Waals surface area contributed by atoms with Crippen LogP contribution in [0.25, 0.3) is 21.9 Å². The maximum absolute atomic E-state index is 5.97. The Labute approximate surface area is 191 Å². The molecule has 1 spiro atoms. The summed E-state index contributed by atoms with van der Waals surface area (Å²) in [6, 6.07) is 19.0. The minimum atomic E-state index is -0.283. The molecule has 1 saturated carbocycles. The van der Waals surface area contributed by atoms with Crippen LogP contribution in [0.4, 0.5) is 0 Å². The molecular weight excluding hydrogens is 392 g/mol. The van der Waals surface area contributed by atoms with E-state index in [4.69, 9.17) is 9.47 Å². The van der Waals surface area contributed by atoms with Crippen molar-refractivity contribution in [2.75, 3.05) is 13.2 Å². The van der Waals surface area contributed by atoms with Gasteiger partial charge in [-0.2, -0.15) is 0 Å². The van der Waals surface area contributed by atoms with E-state index in [1.54, 1.807) is 0 Å². The van der Waals surface area contributed by atoms with Crippen molar-refractivity contribution >= 4 is 10.8 Å². The van der Waals surface area contributed by atoms with Crippen LogP contribution in [0.3, 0.4) is 0 Å². The Morgan fingerprint density at radius 2 is 1.62 bits per heavy atom. The van der Waals surface area contributed by atoms with Crippen LogP contribution < -0.4 is 0 Å². The first-order chi connectivity index (χ1) is 15.5. The van der Waals surface area contributed by atoms with E-state index in [2.05, 4.69) is 69.3 Å². The molecule has 2 nitrogen and oxygen atoms in total. The van der Waals surface area contributed by atoms with Gasteiger partial charge in [0, 0.05) is 18.3 Å². The zero-order valence-corrected chi connectivity index (χ0v) is 19.7. The summed E-state index contributed by atoms with van der Waals surface area (Å²) >= 11 is 0. The molecule has 2 heteroatoms. The van der Waals surface area contributed by atoms with Crippen LogP contribution in [0.2, 0.25) is 0 Å². The van der Waals surface area contributed by atoms with Crippen molar-refractivity contribution in [3.8, 4) is 11.1 Å². The lowest BCUT2D eigenvalue weighted by Crippen LogP contribution is -2.34. The predicted molar refractivity (Wildman–Crippen MR) is 131 cm³/mol. The summed E-state index contributed by atoms with van der Waals surface area (Å²) in [5.41, 5.74) is 8.75. The third kappa shape index (κ3) is 2.99. The molecule has 0 atom stereocenters. The molecule has 6 rings (SSSR count). The smallest absolute Gasteiger partial charge is 0.168 e. The Bertz CT molecular complexity index is 1170. The van der Waals surface area contributed by atoms with Gasteiger partial charge in [-0.15, -0.1) is 0 Å². The molecule has 3 aromatic carbocycles. The predicted octanol–water partition coefficient (Wildman–Crippen LogP) is 7.50. The minimum absolute atomic E-state index is 0.00371. The van der Waals surface area contributed by atoms with Gasteiger partial charge < -0.3 is 9.47 Å². The summed E-state index contributed by atoms with van der Waals surface area (Å²) < 4.78 is 11.9. The van der Waals surface area contributed by atoms with E-state index in [-0.39, 0.29) is 11.2 Å². The van der Waals surface area contributed by atoms with Crippen LogP contribution in [0.15, 0.2) is 48.5 Å². The monoisotopic (exact) mass is 426 g/mol. The van der Waals surface area contributed by atoms with Crippen molar-refractivity contribution in [1.82, 2.24) is 0 Å². The average Bonchev–Trinajstić information content (AvgIpc) is 3.26. The molecule has 0 unspecified atom stereocenters. The van der Waals surface area contributed by atoms with E-state index in [1.165, 1.54) is 50.6 Å². The molecular formula is C30H34O2. The van der Waals surface area contributed by atoms with Gasteiger partial charge in [0.2, 0.25) is 0 Å². The first-order valence-electron chi connectivity index (χ1n) is 12.5. The molecule has 2 aliphatic carbocycles. The molecule has 166 valence electrons. The summed E-state index contributed by atoms with van der Waals surface area (Å²) in [6.07, 6.45) is 6.64. The lowest BCUT2D eigenvalue weighted by molar-refractivity contribution is -0.178. The zero-order valence-electron chi connectivity index (χ0n) is 19.7. The highest BCUT2D eigenvalue weighted by molar-refractivity contribution is 6.04. The van der Waals surface area contributed by atoms with Gasteiger partial charge in [0.05, 0.1) is 13.2 Å². The Balaban J connectivity index is 1.42. The van der Waals surface area contributed by atoms with E-state index >= 15 is 0 Å². The molecule has 1 saturated heterocycles. The SMILES string of the molecule is CCCc1ccc2c3c(cccc13)C(C)(C)c1cc(C3CCC4(CC3)OCCO4)ccc1-2. The minimum Gasteiger partial charge on any atom is -0.348 e. The van der Waals surface area contributed by atoms with Crippen LogP contribution in [-0.2, 0) is 21.3 Å². The summed E-state index contributed by atoms with van der Waals surface area (Å²) in [5, 5.41) is 2.91. The highest BCUT2D eigenvalue weighted by Crippen LogP contribution is 2.51. The van der Waals surface area contributed by atoms with Gasteiger partial charge in [-0.1, -0.05) is 75.7 Å². The molecule has 3 aliphatic rings. The van der Waals surface area contributed by atoms with Crippen LogP contribution in [0, 0.1) is 0 Å². The van der Waals surface area contributed by atoms with Gasteiger partial charge in [-0.3, -0.25) is 0 Å². The summed E-state index contributed by atoms with van der Waals surface area (Å²) in [4.78, 5) is 0. The summed E-state index contributed by atoms with van der Waals surface area (Å²) in [5.74, 6) is 0.313. The van der Waals surface area contributed by atoms with Crippen molar-refractivity contribution in [2.24, 2.45) is 0 Å². The topological polar surface area (TPSA) is 18.5 Å². The second kappa shape index (κ2) is 7.43. The standard InChI is InChI=1S/C30H34O2/c1-4-6-21-9-12-25-24-11-10-22(20-13-15-30(16-14-20)31-17-18-32-30)19-27(24)29(2,3)26-8-5-7-23(21)28(25)26/h5,7-12,19-20H,4,6,13-18H2,1-3H3. The molecule has 1 heterocycles. The molecule has 1 aliphatic heterocycles. The maximum atomic E-state index is 5.97. The highest BCUT2D eigenvalue weighted by atomic mass is 16.7. The lowest BCUT2D eigenvalue weighted by atomic mass is 9.67. The summed E-state index contributed by atoms with van der Waals surface area (Å²) in [6.45, 7) is 8.60. The Kier molecular flexibility index (Phi) is 4.75. The van der Waals surface area contributed by atoms with Gasteiger partial charge in [0.15, 0.2) is 5.79 Å². The number of hydrogen-bond donors (Lipinski definition) is 0. The quantitative estimate of drug-likeness (QED) is 0.432. The maximum Gasteiger partial charge on any atom is 0.168 e. The van der Waals surface area contributed by atoms with Gasteiger partial charge >= 0.3 is 0 Å². The van der Waals surface area contributed by atoms with E-state index in [1.807, 2.05) is 0 Å². The van der Waals surface area contributed by atoms with Gasteiger partial charge in [0.25, 0.3) is 0 Å². The van der Waals surface area contributed by atoms with Gasteiger partial charge in [-0.25, -0.2) is 0 Å². The Hall–Kier alpha value is -2.16.